The van der Waals surface area contributed by atoms with Gasteiger partial charge in [-0.2, -0.15) is 5.10 Å². The van der Waals surface area contributed by atoms with E-state index in [1.807, 2.05) is 48.3 Å². The number of benzene rings is 2. The maximum Gasteiger partial charge on any atom is 0.242 e. The van der Waals surface area contributed by atoms with Crippen LogP contribution in [-0.2, 0) is 16.1 Å². The second-order valence-corrected chi connectivity index (χ2v) is 7.74. The molecule has 0 radical (unpaired) electrons. The molecule has 2 unspecified atom stereocenters. The van der Waals surface area contributed by atoms with Crippen LogP contribution in [0.3, 0.4) is 0 Å². The predicted molar refractivity (Wildman–Crippen MR) is 122 cm³/mol. The number of hydrogen-bond donors (Lipinski definition) is 2. The molecular formula is C23H27N5O4. The first kappa shape index (κ1) is 21.6. The van der Waals surface area contributed by atoms with Crippen molar-refractivity contribution in [2.75, 3.05) is 19.5 Å². The van der Waals surface area contributed by atoms with Crippen LogP contribution in [0.5, 0.6) is 11.5 Å². The smallest absolute Gasteiger partial charge is 0.242 e. The van der Waals surface area contributed by atoms with E-state index >= 15 is 0 Å². The second-order valence-electron chi connectivity index (χ2n) is 7.74. The van der Waals surface area contributed by atoms with Gasteiger partial charge in [-0.3, -0.25) is 4.79 Å². The lowest BCUT2D eigenvalue weighted by atomic mass is 9.94. The summed E-state index contributed by atoms with van der Waals surface area (Å²) in [5, 5.41) is 9.64. The average Bonchev–Trinajstić information content (AvgIpc) is 3.14. The van der Waals surface area contributed by atoms with E-state index in [1.54, 1.807) is 14.2 Å². The van der Waals surface area contributed by atoms with Crippen LogP contribution in [0.25, 0.3) is 0 Å². The summed E-state index contributed by atoms with van der Waals surface area (Å²) in [7, 11) is 3.24. The van der Waals surface area contributed by atoms with Crippen LogP contribution >= 0.6 is 0 Å². The molecular weight excluding hydrogens is 410 g/mol. The first-order valence-corrected chi connectivity index (χ1v) is 10.4. The number of anilines is 1. The molecule has 2 aliphatic rings. The van der Waals surface area contributed by atoms with Gasteiger partial charge in [0, 0.05) is 23.7 Å². The number of nitrogens with one attached hydrogen (secondary N) is 2. The Labute approximate surface area is 187 Å². The van der Waals surface area contributed by atoms with Gasteiger partial charge in [-0.15, -0.1) is 0 Å². The number of hydroxylamine groups is 1. The summed E-state index contributed by atoms with van der Waals surface area (Å²) in [5.74, 6) is 1.74. The second kappa shape index (κ2) is 8.88. The number of carbonyl (C=O) groups excluding carboxylic acids is 1. The molecule has 0 fully saturated rings. The largest absolute Gasteiger partial charge is 0.493 e. The standard InChI is InChI=1S/C23H27N5O4/c1-13-10-17-11-20(30-4)21(31-5)12-19(17)22(26-28(13)23-25-15(3)32-27-23)16-6-8-18(9-7-16)24-14(2)29/h6-9,11-13,15H,10H2,1-5H3,(H,24,29)(H,25,27). The highest BCUT2D eigenvalue weighted by Crippen LogP contribution is 2.35. The third-order valence-electron chi connectivity index (χ3n) is 5.33. The molecule has 4 rings (SSSR count). The van der Waals surface area contributed by atoms with Gasteiger partial charge in [0.2, 0.25) is 11.9 Å². The van der Waals surface area contributed by atoms with Crippen LogP contribution in [0.15, 0.2) is 46.5 Å². The van der Waals surface area contributed by atoms with E-state index in [1.165, 1.54) is 6.92 Å². The van der Waals surface area contributed by atoms with Crippen molar-refractivity contribution in [1.29, 1.82) is 0 Å². The fourth-order valence-electron chi connectivity index (χ4n) is 3.83. The lowest BCUT2D eigenvalue weighted by molar-refractivity contribution is -0.114. The van der Waals surface area contributed by atoms with Crippen LogP contribution in [0.1, 0.15) is 37.5 Å². The fraction of sp³-hybridized carbons (Fsp3) is 0.348. The molecule has 9 nitrogen and oxygen atoms in total. The number of nitrogens with zero attached hydrogens (tertiary/aromatic N) is 3. The van der Waals surface area contributed by atoms with Crippen molar-refractivity contribution in [2.45, 2.75) is 39.5 Å². The minimum absolute atomic E-state index is 0.00292. The van der Waals surface area contributed by atoms with E-state index in [0.717, 1.165) is 28.1 Å². The third kappa shape index (κ3) is 4.24. The topological polar surface area (TPSA) is 96.8 Å². The van der Waals surface area contributed by atoms with Gasteiger partial charge >= 0.3 is 0 Å². The lowest BCUT2D eigenvalue weighted by Crippen LogP contribution is -2.41. The number of hydrazone groups is 1. The van der Waals surface area contributed by atoms with Crippen molar-refractivity contribution in [3.05, 3.63) is 53.1 Å². The highest BCUT2D eigenvalue weighted by Gasteiger charge is 2.30. The Morgan fingerprint density at radius 1 is 1.16 bits per heavy atom. The van der Waals surface area contributed by atoms with Gasteiger partial charge in [0.05, 0.1) is 26.0 Å². The number of amides is 1. The minimum Gasteiger partial charge on any atom is -0.493 e. The quantitative estimate of drug-likeness (QED) is 0.764. The molecule has 32 heavy (non-hydrogen) atoms. The Kier molecular flexibility index (Phi) is 6.00. The Morgan fingerprint density at radius 3 is 2.44 bits per heavy atom. The van der Waals surface area contributed by atoms with E-state index in [4.69, 9.17) is 19.4 Å². The molecule has 168 valence electrons. The lowest BCUT2D eigenvalue weighted by Gasteiger charge is -2.24. The van der Waals surface area contributed by atoms with Gasteiger partial charge < -0.3 is 14.8 Å². The van der Waals surface area contributed by atoms with Crippen molar-refractivity contribution in [3.63, 3.8) is 0 Å². The summed E-state index contributed by atoms with van der Waals surface area (Å²) in [6.45, 7) is 5.43. The number of hydrogen-bond acceptors (Lipinski definition) is 8. The Morgan fingerprint density at radius 2 is 1.84 bits per heavy atom. The molecule has 1 amide bonds. The molecule has 0 saturated carbocycles. The van der Waals surface area contributed by atoms with Crippen LogP contribution in [0, 0.1) is 0 Å². The number of guanidine groups is 1. The molecule has 2 N–H and O–H groups in total. The molecule has 2 aromatic carbocycles. The highest BCUT2D eigenvalue weighted by molar-refractivity contribution is 6.14. The van der Waals surface area contributed by atoms with E-state index in [2.05, 4.69) is 22.7 Å². The normalized spacial score (nSPS) is 19.8. The van der Waals surface area contributed by atoms with E-state index in [0.29, 0.717) is 23.9 Å². The molecule has 2 atom stereocenters. The molecule has 0 aliphatic carbocycles. The number of aliphatic imine (C=N–C) groups is 1. The molecule has 0 aromatic heterocycles. The highest BCUT2D eigenvalue weighted by atomic mass is 16.7. The molecule has 2 aliphatic heterocycles. The van der Waals surface area contributed by atoms with Crippen molar-refractivity contribution >= 4 is 23.3 Å². The van der Waals surface area contributed by atoms with Crippen LogP contribution in [0.4, 0.5) is 5.69 Å². The van der Waals surface area contributed by atoms with Gasteiger partial charge in [0.25, 0.3) is 0 Å². The Bertz CT molecular complexity index is 1080. The van der Waals surface area contributed by atoms with E-state index in [-0.39, 0.29) is 18.2 Å². The average molecular weight is 438 g/mol. The van der Waals surface area contributed by atoms with Crippen molar-refractivity contribution < 1.29 is 19.1 Å². The SMILES string of the molecule is COc1cc2c(cc1OC)C(c1ccc(NC(C)=O)cc1)=NN(C1=NC(C)ON1)C(C)C2. The summed E-state index contributed by atoms with van der Waals surface area (Å²) in [5.41, 5.74) is 7.26. The van der Waals surface area contributed by atoms with Gasteiger partial charge in [0.1, 0.15) is 0 Å². The summed E-state index contributed by atoms with van der Waals surface area (Å²) in [6, 6.07) is 11.5. The van der Waals surface area contributed by atoms with Crippen molar-refractivity contribution in [1.82, 2.24) is 10.5 Å². The van der Waals surface area contributed by atoms with Gasteiger partial charge in [-0.25, -0.2) is 20.3 Å². The zero-order valence-electron chi connectivity index (χ0n) is 18.8. The molecule has 0 spiro atoms. The first-order valence-electron chi connectivity index (χ1n) is 10.4. The summed E-state index contributed by atoms with van der Waals surface area (Å²) < 4.78 is 11.1. The van der Waals surface area contributed by atoms with Crippen molar-refractivity contribution in [2.24, 2.45) is 10.1 Å². The minimum atomic E-state index is -0.293. The number of methoxy groups -OCH3 is 2. The van der Waals surface area contributed by atoms with Crippen LogP contribution in [-0.4, -0.2) is 49.1 Å². The number of carbonyl (C=O) groups is 1. The maximum atomic E-state index is 11.4. The Balaban J connectivity index is 1.85. The van der Waals surface area contributed by atoms with Gasteiger partial charge in [-0.1, -0.05) is 12.1 Å². The van der Waals surface area contributed by atoms with Gasteiger partial charge in [0.15, 0.2) is 17.7 Å². The maximum absolute atomic E-state index is 11.4. The summed E-state index contributed by atoms with van der Waals surface area (Å²) in [6.07, 6.45) is 0.417. The molecule has 2 aromatic rings. The fourth-order valence-corrected chi connectivity index (χ4v) is 3.83. The first-order chi connectivity index (χ1) is 15.4. The molecule has 9 heteroatoms. The van der Waals surface area contributed by atoms with E-state index in [9.17, 15) is 4.79 Å². The van der Waals surface area contributed by atoms with E-state index < -0.39 is 0 Å². The number of ether oxygens (including phenoxy) is 2. The monoisotopic (exact) mass is 437 g/mol. The number of rotatable bonds is 4. The zero-order valence-corrected chi connectivity index (χ0v) is 18.8. The molecule has 0 saturated heterocycles. The molecule has 0 bridgehead atoms. The zero-order chi connectivity index (χ0) is 22.8. The van der Waals surface area contributed by atoms with Crippen molar-refractivity contribution in [3.8, 4) is 11.5 Å². The predicted octanol–water partition coefficient (Wildman–Crippen LogP) is 2.90. The summed E-state index contributed by atoms with van der Waals surface area (Å²) in [4.78, 5) is 21.3. The summed E-state index contributed by atoms with van der Waals surface area (Å²) >= 11 is 0. The molecule has 2 heterocycles. The van der Waals surface area contributed by atoms with Crippen LogP contribution in [0.2, 0.25) is 0 Å². The van der Waals surface area contributed by atoms with Crippen LogP contribution < -0.4 is 20.3 Å². The van der Waals surface area contributed by atoms with Gasteiger partial charge in [-0.05, 0) is 50.1 Å². The third-order valence-corrected chi connectivity index (χ3v) is 5.33. The Hall–Kier alpha value is -3.59. The number of fused-ring (bicyclic) bond motifs is 1.